The number of aromatic nitrogens is 1. The molecule has 0 aliphatic heterocycles. The van der Waals surface area contributed by atoms with E-state index in [4.69, 9.17) is 10.00 Å². The van der Waals surface area contributed by atoms with Crippen LogP contribution in [0.15, 0.2) is 48.7 Å². The minimum absolute atomic E-state index is 0.0666. The molecule has 1 unspecified atom stereocenters. The van der Waals surface area contributed by atoms with Gasteiger partial charge in [-0.05, 0) is 43.3 Å². The normalized spacial score (nSPS) is 11.4. The summed E-state index contributed by atoms with van der Waals surface area (Å²) < 4.78 is 5.20. The lowest BCUT2D eigenvalue weighted by atomic mass is 10.2. The van der Waals surface area contributed by atoms with Gasteiger partial charge in [-0.1, -0.05) is 6.07 Å². The van der Waals surface area contributed by atoms with Crippen LogP contribution in [0.2, 0.25) is 0 Å². The first-order valence-corrected chi connectivity index (χ1v) is 6.07. The minimum Gasteiger partial charge on any atom is -0.479 e. The number of nitriles is 1. The van der Waals surface area contributed by atoms with Gasteiger partial charge >= 0.3 is 0 Å². The van der Waals surface area contributed by atoms with Gasteiger partial charge in [-0.3, -0.25) is 4.98 Å². The fourth-order valence-electron chi connectivity index (χ4n) is 1.72. The summed E-state index contributed by atoms with van der Waals surface area (Å²) in [7, 11) is 0. The highest BCUT2D eigenvalue weighted by molar-refractivity contribution is 5.47. The van der Waals surface area contributed by atoms with Crippen LogP contribution in [0.4, 0.5) is 5.69 Å². The molecule has 0 aliphatic carbocycles. The lowest BCUT2D eigenvalue weighted by Crippen LogP contribution is -2.08. The van der Waals surface area contributed by atoms with Crippen LogP contribution in [0.25, 0.3) is 0 Å². The molecule has 19 heavy (non-hydrogen) atoms. The fourth-order valence-corrected chi connectivity index (χ4v) is 1.72. The molecule has 2 rings (SSSR count). The van der Waals surface area contributed by atoms with Crippen molar-refractivity contribution in [2.45, 2.75) is 13.0 Å². The minimum atomic E-state index is 0.0666. The molecule has 1 atom stereocenters. The van der Waals surface area contributed by atoms with Gasteiger partial charge in [-0.2, -0.15) is 5.26 Å². The molecule has 0 saturated heterocycles. The molecule has 0 amide bonds. The molecule has 0 fully saturated rings. The van der Waals surface area contributed by atoms with Crippen molar-refractivity contribution in [2.24, 2.45) is 0 Å². The van der Waals surface area contributed by atoms with Gasteiger partial charge in [0.25, 0.3) is 0 Å². The monoisotopic (exact) mass is 253 g/mol. The number of anilines is 1. The second-order valence-corrected chi connectivity index (χ2v) is 4.09. The lowest BCUT2D eigenvalue weighted by molar-refractivity contribution is 0.368. The third-order valence-electron chi connectivity index (χ3n) is 2.67. The quantitative estimate of drug-likeness (QED) is 0.889. The lowest BCUT2D eigenvalue weighted by Gasteiger charge is -2.14. The Morgan fingerprint density at radius 3 is 2.68 bits per heavy atom. The molecular weight excluding hydrogens is 238 g/mol. The van der Waals surface area contributed by atoms with Crippen LogP contribution < -0.4 is 10.1 Å². The largest absolute Gasteiger partial charge is 0.479 e. The van der Waals surface area contributed by atoms with Crippen LogP contribution in [0.3, 0.4) is 0 Å². The highest BCUT2D eigenvalue weighted by atomic mass is 16.5. The number of benzene rings is 1. The third-order valence-corrected chi connectivity index (χ3v) is 2.67. The Morgan fingerprint density at radius 1 is 1.26 bits per heavy atom. The zero-order valence-corrected chi connectivity index (χ0v) is 10.7. The van der Waals surface area contributed by atoms with Crippen molar-refractivity contribution in [1.29, 1.82) is 5.26 Å². The maximum absolute atomic E-state index is 8.43. The molecule has 4 heteroatoms. The summed E-state index contributed by atoms with van der Waals surface area (Å²) >= 11 is 0. The average molecular weight is 253 g/mol. The van der Waals surface area contributed by atoms with Crippen LogP contribution >= 0.6 is 0 Å². The van der Waals surface area contributed by atoms with Crippen molar-refractivity contribution in [3.8, 4) is 11.8 Å². The summed E-state index contributed by atoms with van der Waals surface area (Å²) in [6.45, 7) is 2.12. The maximum Gasteiger partial charge on any atom is 0.174 e. The second-order valence-electron chi connectivity index (χ2n) is 4.09. The summed E-state index contributed by atoms with van der Waals surface area (Å²) in [6, 6.07) is 15.5. The van der Waals surface area contributed by atoms with Gasteiger partial charge in [0.15, 0.2) is 6.61 Å². The Balaban J connectivity index is 1.98. The van der Waals surface area contributed by atoms with E-state index in [0.717, 1.165) is 11.4 Å². The standard InChI is InChI=1S/C15H15N3O/c1-12(15-4-2-3-10-17-15)18-13-5-7-14(8-6-13)19-11-9-16/h2-8,10,12,18H,11H2,1H3. The number of pyridine rings is 1. The van der Waals surface area contributed by atoms with E-state index in [2.05, 4.69) is 17.2 Å². The van der Waals surface area contributed by atoms with E-state index in [-0.39, 0.29) is 12.6 Å². The number of hydrogen-bond acceptors (Lipinski definition) is 4. The van der Waals surface area contributed by atoms with E-state index in [9.17, 15) is 0 Å². The van der Waals surface area contributed by atoms with Gasteiger partial charge in [0.1, 0.15) is 11.8 Å². The average Bonchev–Trinajstić information content (AvgIpc) is 2.47. The van der Waals surface area contributed by atoms with Crippen LogP contribution in [0, 0.1) is 11.3 Å². The molecular formula is C15H15N3O. The maximum atomic E-state index is 8.43. The molecule has 1 N–H and O–H groups in total. The van der Waals surface area contributed by atoms with Gasteiger partial charge in [-0.25, -0.2) is 0 Å². The molecule has 2 aromatic rings. The molecule has 1 aromatic heterocycles. The molecule has 1 aromatic carbocycles. The van der Waals surface area contributed by atoms with Gasteiger partial charge in [0.2, 0.25) is 0 Å². The zero-order chi connectivity index (χ0) is 13.5. The van der Waals surface area contributed by atoms with Gasteiger partial charge < -0.3 is 10.1 Å². The Bertz CT molecular complexity index is 546. The van der Waals surface area contributed by atoms with E-state index < -0.39 is 0 Å². The summed E-state index contributed by atoms with van der Waals surface area (Å²) in [5, 5.41) is 11.8. The number of nitrogens with zero attached hydrogens (tertiary/aromatic N) is 2. The highest BCUT2D eigenvalue weighted by Gasteiger charge is 2.05. The zero-order valence-electron chi connectivity index (χ0n) is 10.7. The highest BCUT2D eigenvalue weighted by Crippen LogP contribution is 2.20. The Hall–Kier alpha value is -2.54. The smallest absolute Gasteiger partial charge is 0.174 e. The van der Waals surface area contributed by atoms with Crippen molar-refractivity contribution >= 4 is 5.69 Å². The first-order chi connectivity index (χ1) is 9.29. The van der Waals surface area contributed by atoms with Crippen LogP contribution in [0.5, 0.6) is 5.75 Å². The number of nitrogens with one attached hydrogen (secondary N) is 1. The van der Waals surface area contributed by atoms with Crippen molar-refractivity contribution < 1.29 is 4.74 Å². The summed E-state index contributed by atoms with van der Waals surface area (Å²) in [6.07, 6.45) is 1.78. The number of ether oxygens (including phenoxy) is 1. The molecule has 0 saturated carbocycles. The van der Waals surface area contributed by atoms with Crippen LogP contribution in [0.1, 0.15) is 18.7 Å². The topological polar surface area (TPSA) is 57.9 Å². The molecule has 4 nitrogen and oxygen atoms in total. The van der Waals surface area contributed by atoms with E-state index in [1.165, 1.54) is 0 Å². The van der Waals surface area contributed by atoms with Crippen molar-refractivity contribution in [1.82, 2.24) is 4.98 Å². The number of rotatable bonds is 5. The number of hydrogen-bond donors (Lipinski definition) is 1. The predicted octanol–water partition coefficient (Wildman–Crippen LogP) is 3.16. The van der Waals surface area contributed by atoms with Crippen LogP contribution in [-0.4, -0.2) is 11.6 Å². The first-order valence-electron chi connectivity index (χ1n) is 6.07. The summed E-state index contributed by atoms with van der Waals surface area (Å²) in [4.78, 5) is 4.31. The molecule has 96 valence electrons. The van der Waals surface area contributed by atoms with Gasteiger partial charge in [0, 0.05) is 11.9 Å². The van der Waals surface area contributed by atoms with E-state index >= 15 is 0 Å². The molecule has 0 radical (unpaired) electrons. The van der Waals surface area contributed by atoms with E-state index in [1.54, 1.807) is 6.20 Å². The predicted molar refractivity (Wildman–Crippen MR) is 73.8 cm³/mol. The summed E-state index contributed by atoms with van der Waals surface area (Å²) in [5.74, 6) is 0.692. The SMILES string of the molecule is CC(Nc1ccc(OCC#N)cc1)c1ccccn1. The first kappa shape index (κ1) is 12.9. The van der Waals surface area contributed by atoms with Gasteiger partial charge in [-0.15, -0.1) is 0 Å². The molecule has 0 bridgehead atoms. The van der Waals surface area contributed by atoms with Crippen molar-refractivity contribution in [3.05, 3.63) is 54.4 Å². The van der Waals surface area contributed by atoms with Gasteiger partial charge in [0.05, 0.1) is 11.7 Å². The Morgan fingerprint density at radius 2 is 2.05 bits per heavy atom. The Labute approximate surface area is 112 Å². The van der Waals surface area contributed by atoms with Crippen molar-refractivity contribution in [2.75, 3.05) is 11.9 Å². The molecule has 1 heterocycles. The molecule has 0 spiro atoms. The van der Waals surface area contributed by atoms with Crippen molar-refractivity contribution in [3.63, 3.8) is 0 Å². The summed E-state index contributed by atoms with van der Waals surface area (Å²) in [5.41, 5.74) is 1.98. The third kappa shape index (κ3) is 3.71. The Kier molecular flexibility index (Phi) is 4.35. The molecule has 0 aliphatic rings. The van der Waals surface area contributed by atoms with E-state index in [1.807, 2.05) is 48.5 Å². The second kappa shape index (κ2) is 6.41. The van der Waals surface area contributed by atoms with E-state index in [0.29, 0.717) is 5.75 Å². The fraction of sp³-hybridized carbons (Fsp3) is 0.200. The van der Waals surface area contributed by atoms with Crippen LogP contribution in [-0.2, 0) is 0 Å².